The van der Waals surface area contributed by atoms with Gasteiger partial charge in [-0.2, -0.15) is 26.3 Å². The molecule has 4 N–H and O–H groups in total. The summed E-state index contributed by atoms with van der Waals surface area (Å²) in [5.74, 6) is 0. The molecule has 1 aliphatic rings. The molecule has 7 nitrogen and oxygen atoms in total. The zero-order valence-corrected chi connectivity index (χ0v) is 18.7. The van der Waals surface area contributed by atoms with Crippen molar-refractivity contribution in [1.29, 1.82) is 0 Å². The third kappa shape index (κ3) is 9.99. The second-order valence-corrected chi connectivity index (χ2v) is 9.21. The second-order valence-electron chi connectivity index (χ2n) is 9.21. The molecule has 0 bridgehead atoms. The molecule has 0 aromatic rings. The number of rotatable bonds is 14. The van der Waals surface area contributed by atoms with Crippen molar-refractivity contribution in [1.82, 2.24) is 5.32 Å². The Morgan fingerprint density at radius 3 is 2.09 bits per heavy atom. The maximum Gasteiger partial charge on any atom is 0.492 e. The van der Waals surface area contributed by atoms with Crippen LogP contribution in [0.5, 0.6) is 0 Å². The summed E-state index contributed by atoms with van der Waals surface area (Å²) >= 11 is 0. The molecular weight excluding hydrogens is 495 g/mol. The Labute approximate surface area is 190 Å². The van der Waals surface area contributed by atoms with E-state index in [1.54, 1.807) is 0 Å². The highest BCUT2D eigenvalue weighted by atomic mass is 19.3. The van der Waals surface area contributed by atoms with E-state index in [0.717, 1.165) is 6.42 Å². The van der Waals surface area contributed by atoms with Crippen LogP contribution >= 0.6 is 0 Å². The number of aliphatic hydroxyl groups is 1. The third-order valence-electron chi connectivity index (χ3n) is 4.83. The number of hydrogen-bond acceptors (Lipinski definition) is 7. The Bertz CT molecular complexity index is 657. The van der Waals surface area contributed by atoms with Crippen molar-refractivity contribution in [3.63, 3.8) is 0 Å². The lowest BCUT2D eigenvalue weighted by Gasteiger charge is -2.46. The predicted octanol–water partition coefficient (Wildman–Crippen LogP) is 3.56. The molecule has 16 heteroatoms. The normalized spacial score (nSPS) is 25.4. The number of halogens is 9. The first-order valence-electron chi connectivity index (χ1n) is 10.0. The lowest BCUT2D eigenvalue weighted by molar-refractivity contribution is -0.548. The van der Waals surface area contributed by atoms with Gasteiger partial charge in [-0.25, -0.2) is 13.9 Å². The average molecular weight is 524 g/mol. The maximum atomic E-state index is 13.5. The number of β-amino-alcohol motifs (C(OH)–C–C–N with tert-alkyl or cyclic N) is 1. The zero-order valence-electron chi connectivity index (χ0n) is 18.7. The van der Waals surface area contributed by atoms with Crippen molar-refractivity contribution in [2.45, 2.75) is 82.3 Å². The van der Waals surface area contributed by atoms with Crippen LogP contribution in [-0.2, 0) is 18.9 Å². The van der Waals surface area contributed by atoms with Crippen LogP contribution in [0.15, 0.2) is 0 Å². The van der Waals surface area contributed by atoms with Crippen LogP contribution < -0.4 is 11.1 Å². The summed E-state index contributed by atoms with van der Waals surface area (Å²) < 4.78 is 129. The molecule has 0 spiro atoms. The molecule has 0 saturated heterocycles. The van der Waals surface area contributed by atoms with Gasteiger partial charge in [0.15, 0.2) is 6.86 Å². The van der Waals surface area contributed by atoms with Gasteiger partial charge in [-0.1, -0.05) is 13.8 Å². The number of hydrogen-bond donors (Lipinski definition) is 3. The van der Waals surface area contributed by atoms with Crippen molar-refractivity contribution in [2.24, 2.45) is 11.1 Å². The van der Waals surface area contributed by atoms with E-state index in [0.29, 0.717) is 12.8 Å². The Morgan fingerprint density at radius 1 is 1.00 bits per heavy atom. The van der Waals surface area contributed by atoms with E-state index >= 15 is 0 Å². The summed E-state index contributed by atoms with van der Waals surface area (Å²) in [4.78, 5) is 0. The van der Waals surface area contributed by atoms with Gasteiger partial charge in [0.05, 0.1) is 12.7 Å². The van der Waals surface area contributed by atoms with E-state index in [9.17, 15) is 44.6 Å². The average Bonchev–Trinajstić information content (AvgIpc) is 2.55. The van der Waals surface area contributed by atoms with Crippen LogP contribution in [-0.4, -0.2) is 74.0 Å². The zero-order chi connectivity index (χ0) is 26.6. The van der Waals surface area contributed by atoms with E-state index in [2.05, 4.69) is 24.3 Å². The van der Waals surface area contributed by atoms with Gasteiger partial charge in [-0.15, -0.1) is 8.78 Å². The smallest absolute Gasteiger partial charge is 0.389 e. The first kappa shape index (κ1) is 31.1. The van der Waals surface area contributed by atoms with Crippen molar-refractivity contribution in [2.75, 3.05) is 26.6 Å². The first-order valence-corrected chi connectivity index (χ1v) is 10.0. The van der Waals surface area contributed by atoms with Gasteiger partial charge in [0.2, 0.25) is 0 Å². The van der Waals surface area contributed by atoms with Crippen LogP contribution in [0.25, 0.3) is 0 Å². The molecule has 3 unspecified atom stereocenters. The Hall–Kier alpha value is -0.910. The Morgan fingerprint density at radius 2 is 1.56 bits per heavy atom. The van der Waals surface area contributed by atoms with Crippen molar-refractivity contribution in [3.05, 3.63) is 0 Å². The summed E-state index contributed by atoms with van der Waals surface area (Å²) in [6, 6.07) is -0.113. The monoisotopic (exact) mass is 524 g/mol. The molecule has 0 radical (unpaired) electrons. The van der Waals surface area contributed by atoms with Gasteiger partial charge in [-0.3, -0.25) is 4.74 Å². The maximum absolute atomic E-state index is 13.5. The van der Waals surface area contributed by atoms with E-state index in [1.165, 1.54) is 0 Å². The van der Waals surface area contributed by atoms with Gasteiger partial charge in [-0.05, 0) is 31.6 Å². The number of ether oxygens (including phenoxy) is 4. The molecule has 204 valence electrons. The standard InChI is InChI=1S/C18H29F9N2O5/c1-13(2)4-11(28)5-14(3,8-13)29-6-12(30)7-31-9-15(20,21)33-16(22,23)17(24,25)34-18(26,27)32-10-19/h11-12,29-30H,4-10,28H2,1-3H3. The minimum Gasteiger partial charge on any atom is -0.389 e. The number of nitrogens with two attached hydrogens (primary N) is 1. The SMILES string of the molecule is CC1(C)CC(N)CC(C)(NCC(O)COCC(F)(F)OC(F)(F)C(F)(F)OC(F)(F)OCF)C1. The minimum absolute atomic E-state index is 0.0980. The highest BCUT2D eigenvalue weighted by molar-refractivity contribution is 4.98. The molecule has 0 aromatic carbocycles. The third-order valence-corrected chi connectivity index (χ3v) is 4.83. The number of aliphatic hydroxyl groups excluding tert-OH is 1. The van der Waals surface area contributed by atoms with Gasteiger partial charge < -0.3 is 20.9 Å². The molecule has 0 heterocycles. The van der Waals surface area contributed by atoms with Gasteiger partial charge in [0, 0.05) is 18.1 Å². The lowest BCUT2D eigenvalue weighted by atomic mass is 9.67. The van der Waals surface area contributed by atoms with Crippen LogP contribution in [0.3, 0.4) is 0 Å². The molecule has 1 aliphatic carbocycles. The topological polar surface area (TPSA) is 95.2 Å². The van der Waals surface area contributed by atoms with E-state index in [1.807, 2.05) is 20.8 Å². The van der Waals surface area contributed by atoms with E-state index in [4.69, 9.17) is 5.73 Å². The highest BCUT2D eigenvalue weighted by Crippen LogP contribution is 2.43. The largest absolute Gasteiger partial charge is 0.492 e. The van der Waals surface area contributed by atoms with Gasteiger partial charge in [0.1, 0.15) is 6.61 Å². The highest BCUT2D eigenvalue weighted by Gasteiger charge is 2.68. The van der Waals surface area contributed by atoms with E-state index in [-0.39, 0.29) is 18.0 Å². The molecule has 34 heavy (non-hydrogen) atoms. The molecule has 0 aromatic heterocycles. The fourth-order valence-corrected chi connectivity index (χ4v) is 4.01. The van der Waals surface area contributed by atoms with Crippen LogP contribution in [0.4, 0.5) is 39.5 Å². The summed E-state index contributed by atoms with van der Waals surface area (Å²) in [6.45, 7) is 0.439. The summed E-state index contributed by atoms with van der Waals surface area (Å²) in [7, 11) is 0. The van der Waals surface area contributed by atoms with Crippen LogP contribution in [0, 0.1) is 5.41 Å². The first-order chi connectivity index (χ1) is 15.1. The number of nitrogens with one attached hydrogen (secondary N) is 1. The van der Waals surface area contributed by atoms with Crippen molar-refractivity contribution in [3.8, 4) is 0 Å². The summed E-state index contributed by atoms with van der Waals surface area (Å²) in [6.07, 6.45) is -22.7. The quantitative estimate of drug-likeness (QED) is 0.236. The predicted molar refractivity (Wildman–Crippen MR) is 97.9 cm³/mol. The summed E-state index contributed by atoms with van der Waals surface area (Å²) in [5, 5.41) is 13.0. The van der Waals surface area contributed by atoms with Gasteiger partial charge in [0.25, 0.3) is 0 Å². The molecule has 3 atom stereocenters. The molecule has 1 fully saturated rings. The molecule has 1 saturated carbocycles. The lowest BCUT2D eigenvalue weighted by Crippen LogP contribution is -2.56. The van der Waals surface area contributed by atoms with Crippen LogP contribution in [0.2, 0.25) is 0 Å². The van der Waals surface area contributed by atoms with Crippen molar-refractivity contribution < 1.29 is 63.6 Å². The van der Waals surface area contributed by atoms with Crippen molar-refractivity contribution >= 4 is 0 Å². The molecule has 0 amide bonds. The fourth-order valence-electron chi connectivity index (χ4n) is 4.01. The van der Waals surface area contributed by atoms with Gasteiger partial charge >= 0.3 is 24.6 Å². The minimum atomic E-state index is -6.34. The van der Waals surface area contributed by atoms with Crippen LogP contribution in [0.1, 0.15) is 40.0 Å². The second kappa shape index (κ2) is 11.0. The molecule has 0 aliphatic heterocycles. The molecule has 1 rings (SSSR count). The number of alkyl halides is 9. The van der Waals surface area contributed by atoms with E-state index < -0.39 is 56.3 Å². The fraction of sp³-hybridized carbons (Fsp3) is 1.00. The Kier molecular flexibility index (Phi) is 10.1. The Balaban J connectivity index is 2.55. The summed E-state index contributed by atoms with van der Waals surface area (Å²) in [5.41, 5.74) is 5.45. The molecular formula is C18H29F9N2O5.